The molecule has 2 amide bonds. The Labute approximate surface area is 253 Å². The van der Waals surface area contributed by atoms with Crippen molar-refractivity contribution in [2.24, 2.45) is 5.92 Å². The van der Waals surface area contributed by atoms with Gasteiger partial charge in [0.05, 0.1) is 4.90 Å². The summed E-state index contributed by atoms with van der Waals surface area (Å²) in [6.07, 6.45) is 3.00. The first kappa shape index (κ1) is 31.4. The number of carbonyl (C=O) groups excluding carboxylic acids is 3. The summed E-state index contributed by atoms with van der Waals surface area (Å²) >= 11 is 0. The molecule has 0 heterocycles. The van der Waals surface area contributed by atoms with Crippen LogP contribution in [-0.2, 0) is 26.0 Å². The van der Waals surface area contributed by atoms with Crippen molar-refractivity contribution in [3.8, 4) is 11.1 Å². The number of nitrogens with one attached hydrogen (secondary N) is 2. The molecule has 0 saturated carbocycles. The van der Waals surface area contributed by atoms with Gasteiger partial charge in [-0.3, -0.25) is 14.4 Å². The topological polar surface area (TPSA) is 109 Å². The number of carbonyl (C=O) groups is 3. The Morgan fingerprint density at radius 3 is 1.93 bits per heavy atom. The normalized spacial score (nSPS) is 11.8. The van der Waals surface area contributed by atoms with Gasteiger partial charge in [-0.2, -0.15) is 0 Å². The molecule has 1 unspecified atom stereocenters. The van der Waals surface area contributed by atoms with E-state index in [2.05, 4.69) is 10.0 Å². The highest BCUT2D eigenvalue weighted by Gasteiger charge is 2.27. The average Bonchev–Trinajstić information content (AvgIpc) is 3.03. The van der Waals surface area contributed by atoms with Crippen molar-refractivity contribution >= 4 is 33.3 Å². The van der Waals surface area contributed by atoms with Crippen molar-refractivity contribution in [3.05, 3.63) is 120 Å². The number of anilines is 1. The lowest BCUT2D eigenvalue weighted by Gasteiger charge is -2.17. The second-order valence-electron chi connectivity index (χ2n) is 10.4. The first-order valence-corrected chi connectivity index (χ1v) is 15.9. The quantitative estimate of drug-likeness (QED) is 0.156. The third-order valence-electron chi connectivity index (χ3n) is 7.18. The molecule has 222 valence electrons. The summed E-state index contributed by atoms with van der Waals surface area (Å²) in [7, 11) is -4.07. The molecule has 0 aliphatic rings. The van der Waals surface area contributed by atoms with Gasteiger partial charge in [0.2, 0.25) is 11.8 Å². The van der Waals surface area contributed by atoms with E-state index in [1.165, 1.54) is 12.1 Å². The molecule has 8 heteroatoms. The molecule has 0 aromatic heterocycles. The number of benzene rings is 4. The first-order valence-electron chi connectivity index (χ1n) is 14.4. The van der Waals surface area contributed by atoms with Gasteiger partial charge in [0.25, 0.3) is 10.0 Å². The van der Waals surface area contributed by atoms with E-state index >= 15 is 0 Å². The fourth-order valence-corrected chi connectivity index (χ4v) is 5.75. The van der Waals surface area contributed by atoms with Crippen molar-refractivity contribution in [1.82, 2.24) is 4.72 Å². The highest BCUT2D eigenvalue weighted by atomic mass is 32.2. The van der Waals surface area contributed by atoms with Gasteiger partial charge in [0.15, 0.2) is 5.78 Å². The van der Waals surface area contributed by atoms with Crippen molar-refractivity contribution in [2.45, 2.75) is 50.3 Å². The molecule has 0 aliphatic carbocycles. The summed E-state index contributed by atoms with van der Waals surface area (Å²) < 4.78 is 27.8. The minimum atomic E-state index is -4.07. The summed E-state index contributed by atoms with van der Waals surface area (Å²) in [5, 5.41) is 2.90. The molecule has 0 fully saturated rings. The fraction of sp³-hybridized carbons (Fsp3) is 0.229. The van der Waals surface area contributed by atoms with Crippen LogP contribution in [-0.4, -0.2) is 26.0 Å². The molecule has 4 aromatic rings. The maximum Gasteiger partial charge on any atom is 0.264 e. The van der Waals surface area contributed by atoms with E-state index in [4.69, 9.17) is 0 Å². The van der Waals surface area contributed by atoms with E-state index in [0.29, 0.717) is 24.8 Å². The Balaban J connectivity index is 1.44. The van der Waals surface area contributed by atoms with Gasteiger partial charge in [0, 0.05) is 30.0 Å². The third kappa shape index (κ3) is 9.21. The van der Waals surface area contributed by atoms with Crippen LogP contribution >= 0.6 is 0 Å². The maximum absolute atomic E-state index is 13.3. The predicted molar refractivity (Wildman–Crippen MR) is 169 cm³/mol. The lowest BCUT2D eigenvalue weighted by atomic mass is 9.91. The molecule has 0 spiro atoms. The van der Waals surface area contributed by atoms with Crippen LogP contribution in [0.3, 0.4) is 0 Å². The minimum Gasteiger partial charge on any atom is -0.326 e. The van der Waals surface area contributed by atoms with Crippen molar-refractivity contribution < 1.29 is 22.8 Å². The SMILES string of the molecule is CCCCC(=O)Nc1ccc(-c2ccc(C(=O)CC(CCc3ccccc3)C(=O)NS(=O)(=O)c3ccccc3)cc2)cc1. The molecule has 4 rings (SSSR count). The first-order chi connectivity index (χ1) is 20.7. The van der Waals surface area contributed by atoms with Gasteiger partial charge in [-0.1, -0.05) is 98.3 Å². The molecule has 4 aromatic carbocycles. The van der Waals surface area contributed by atoms with Crippen LogP contribution in [0, 0.1) is 5.92 Å². The van der Waals surface area contributed by atoms with Gasteiger partial charge in [-0.15, -0.1) is 0 Å². The van der Waals surface area contributed by atoms with Crippen molar-refractivity contribution in [2.75, 3.05) is 5.32 Å². The molecular weight excluding hydrogens is 560 g/mol. The minimum absolute atomic E-state index is 0.00844. The Morgan fingerprint density at radius 1 is 0.744 bits per heavy atom. The highest BCUT2D eigenvalue weighted by molar-refractivity contribution is 7.90. The number of hydrogen-bond acceptors (Lipinski definition) is 5. The van der Waals surface area contributed by atoms with E-state index in [9.17, 15) is 22.8 Å². The molecule has 1 atom stereocenters. The van der Waals surface area contributed by atoms with Crippen LogP contribution in [0.1, 0.15) is 54.9 Å². The molecule has 0 aliphatic heterocycles. The van der Waals surface area contributed by atoms with Crippen LogP contribution in [0.5, 0.6) is 0 Å². The Morgan fingerprint density at radius 2 is 1.33 bits per heavy atom. The van der Waals surface area contributed by atoms with Crippen LogP contribution in [0.4, 0.5) is 5.69 Å². The van der Waals surface area contributed by atoms with E-state index in [-0.39, 0.29) is 23.0 Å². The van der Waals surface area contributed by atoms with E-state index in [1.54, 1.807) is 30.3 Å². The van der Waals surface area contributed by atoms with Gasteiger partial charge < -0.3 is 5.32 Å². The molecule has 43 heavy (non-hydrogen) atoms. The van der Waals surface area contributed by atoms with Gasteiger partial charge >= 0.3 is 0 Å². The fourth-order valence-electron chi connectivity index (χ4n) is 4.68. The summed E-state index contributed by atoms with van der Waals surface area (Å²) in [4.78, 5) is 38.5. The second kappa shape index (κ2) is 15.1. The smallest absolute Gasteiger partial charge is 0.264 e. The Bertz CT molecular complexity index is 1620. The van der Waals surface area contributed by atoms with Gasteiger partial charge in [0.1, 0.15) is 0 Å². The number of Topliss-reactive ketones (excluding diaryl/α,β-unsaturated/α-hetero) is 1. The zero-order valence-corrected chi connectivity index (χ0v) is 25.0. The van der Waals surface area contributed by atoms with Gasteiger partial charge in [-0.25, -0.2) is 13.1 Å². The lowest BCUT2D eigenvalue weighted by molar-refractivity contribution is -0.123. The zero-order chi connectivity index (χ0) is 30.7. The third-order valence-corrected chi connectivity index (χ3v) is 8.54. The van der Waals surface area contributed by atoms with Crippen LogP contribution in [0.25, 0.3) is 11.1 Å². The van der Waals surface area contributed by atoms with E-state index in [0.717, 1.165) is 35.2 Å². The molecule has 0 bridgehead atoms. The number of unbranched alkanes of at least 4 members (excludes halogenated alkanes) is 1. The Kier molecular flexibility index (Phi) is 11.0. The van der Waals surface area contributed by atoms with Crippen LogP contribution < -0.4 is 10.0 Å². The summed E-state index contributed by atoms with van der Waals surface area (Å²) in [5.74, 6) is -1.80. The molecule has 0 radical (unpaired) electrons. The Hall–Kier alpha value is -4.56. The number of amides is 2. The summed E-state index contributed by atoms with van der Waals surface area (Å²) in [6, 6.07) is 31.8. The standard InChI is InChI=1S/C35H36N2O5S/c1-2-3-14-34(39)36-31-23-21-28(22-24-31)27-17-19-29(20-18-27)33(38)25-30(16-15-26-10-6-4-7-11-26)35(40)37-43(41,42)32-12-8-5-9-13-32/h4-13,17-24,30H,2-3,14-16,25H2,1H3,(H,36,39)(H,37,40). The summed E-state index contributed by atoms with van der Waals surface area (Å²) in [5.41, 5.74) is 3.98. The highest BCUT2D eigenvalue weighted by Crippen LogP contribution is 2.24. The van der Waals surface area contributed by atoms with E-state index in [1.807, 2.05) is 73.7 Å². The molecule has 7 nitrogen and oxygen atoms in total. The number of sulfonamides is 1. The number of ketones is 1. The maximum atomic E-state index is 13.3. The summed E-state index contributed by atoms with van der Waals surface area (Å²) in [6.45, 7) is 2.04. The van der Waals surface area contributed by atoms with Crippen molar-refractivity contribution in [1.29, 1.82) is 0 Å². The van der Waals surface area contributed by atoms with E-state index < -0.39 is 21.8 Å². The number of aryl methyl sites for hydroxylation is 1. The average molecular weight is 597 g/mol. The number of rotatable bonds is 14. The van der Waals surface area contributed by atoms with Crippen LogP contribution in [0.15, 0.2) is 114 Å². The van der Waals surface area contributed by atoms with Gasteiger partial charge in [-0.05, 0) is 60.2 Å². The molecule has 0 saturated heterocycles. The lowest BCUT2D eigenvalue weighted by Crippen LogP contribution is -2.36. The monoisotopic (exact) mass is 596 g/mol. The second-order valence-corrected chi connectivity index (χ2v) is 12.1. The molecular formula is C35H36N2O5S. The van der Waals surface area contributed by atoms with Crippen LogP contribution in [0.2, 0.25) is 0 Å². The zero-order valence-electron chi connectivity index (χ0n) is 24.2. The largest absolute Gasteiger partial charge is 0.326 e. The van der Waals surface area contributed by atoms with Crippen molar-refractivity contribution in [3.63, 3.8) is 0 Å². The molecule has 2 N–H and O–H groups in total. The predicted octanol–water partition coefficient (Wildman–Crippen LogP) is 6.81. The number of hydrogen-bond donors (Lipinski definition) is 2.